The molecule has 2 aromatic rings. The summed E-state index contributed by atoms with van der Waals surface area (Å²) in [5, 5.41) is 4.55. The summed E-state index contributed by atoms with van der Waals surface area (Å²) in [4.78, 5) is 4.15. The number of aryl methyl sites for hydroxylation is 1. The lowest BCUT2D eigenvalue weighted by atomic mass is 10.1. The smallest absolute Gasteiger partial charge is 0.240 e. The maximum Gasteiger partial charge on any atom is 0.240 e. The predicted molar refractivity (Wildman–Crippen MR) is 62.1 cm³/mol. The Kier molecular flexibility index (Phi) is 2.94. The van der Waals surface area contributed by atoms with Crippen molar-refractivity contribution in [2.24, 2.45) is 5.73 Å². The molecule has 0 spiro atoms. The Balaban J connectivity index is 2.48. The van der Waals surface area contributed by atoms with Crippen molar-refractivity contribution in [3.8, 4) is 11.4 Å². The first-order valence-corrected chi connectivity index (χ1v) is 5.29. The van der Waals surface area contributed by atoms with Crippen molar-refractivity contribution in [2.45, 2.75) is 20.4 Å². The highest BCUT2D eigenvalue weighted by Gasteiger charge is 2.10. The van der Waals surface area contributed by atoms with Gasteiger partial charge in [-0.05, 0) is 37.1 Å². The molecule has 1 aromatic heterocycles. The van der Waals surface area contributed by atoms with E-state index in [0.717, 1.165) is 16.7 Å². The molecule has 2 rings (SSSR count). The van der Waals surface area contributed by atoms with Gasteiger partial charge in [0.2, 0.25) is 11.7 Å². The summed E-state index contributed by atoms with van der Waals surface area (Å²) in [6.07, 6.45) is 0. The zero-order valence-corrected chi connectivity index (χ0v) is 9.88. The van der Waals surface area contributed by atoms with Crippen LogP contribution >= 0.6 is 11.6 Å². The van der Waals surface area contributed by atoms with Crippen LogP contribution in [0, 0.1) is 13.8 Å². The van der Waals surface area contributed by atoms with Crippen molar-refractivity contribution < 1.29 is 4.52 Å². The second-order valence-electron chi connectivity index (χ2n) is 3.62. The Morgan fingerprint density at radius 2 is 2.12 bits per heavy atom. The van der Waals surface area contributed by atoms with Gasteiger partial charge in [0.1, 0.15) is 0 Å². The van der Waals surface area contributed by atoms with Gasteiger partial charge >= 0.3 is 0 Å². The van der Waals surface area contributed by atoms with Crippen molar-refractivity contribution in [3.05, 3.63) is 34.2 Å². The summed E-state index contributed by atoms with van der Waals surface area (Å²) in [7, 11) is 0. The second-order valence-corrected chi connectivity index (χ2v) is 4.02. The van der Waals surface area contributed by atoms with Gasteiger partial charge in [0, 0.05) is 10.6 Å². The fourth-order valence-corrected chi connectivity index (χ4v) is 1.67. The molecule has 0 aliphatic heterocycles. The zero-order valence-electron chi connectivity index (χ0n) is 9.12. The van der Waals surface area contributed by atoms with Crippen LogP contribution in [0.15, 0.2) is 16.7 Å². The Labute approximate surface area is 98.4 Å². The summed E-state index contributed by atoms with van der Waals surface area (Å²) in [5.41, 5.74) is 8.41. The molecule has 0 aliphatic carbocycles. The van der Waals surface area contributed by atoms with Gasteiger partial charge in [-0.3, -0.25) is 0 Å². The van der Waals surface area contributed by atoms with Gasteiger partial charge < -0.3 is 10.3 Å². The van der Waals surface area contributed by atoms with E-state index in [4.69, 9.17) is 21.9 Å². The lowest BCUT2D eigenvalue weighted by Gasteiger charge is -2.04. The molecule has 4 nitrogen and oxygen atoms in total. The number of nitrogens with zero attached hydrogens (tertiary/aromatic N) is 2. The highest BCUT2D eigenvalue weighted by molar-refractivity contribution is 6.31. The van der Waals surface area contributed by atoms with Crippen molar-refractivity contribution in [2.75, 3.05) is 0 Å². The number of nitrogens with two attached hydrogens (primary N) is 1. The van der Waals surface area contributed by atoms with E-state index < -0.39 is 0 Å². The van der Waals surface area contributed by atoms with Crippen LogP contribution in [0.4, 0.5) is 0 Å². The number of aromatic nitrogens is 2. The summed E-state index contributed by atoms with van der Waals surface area (Å²) < 4.78 is 4.95. The third-order valence-corrected chi connectivity index (χ3v) is 2.90. The maximum atomic E-state index is 6.10. The molecule has 0 atom stereocenters. The largest absolute Gasteiger partial charge is 0.338 e. The molecular formula is C11H12ClN3O. The number of rotatable bonds is 2. The zero-order chi connectivity index (χ0) is 11.7. The van der Waals surface area contributed by atoms with Crippen LogP contribution in [-0.4, -0.2) is 10.1 Å². The molecule has 2 N–H and O–H groups in total. The first kappa shape index (κ1) is 11.1. The van der Waals surface area contributed by atoms with Crippen LogP contribution in [0.2, 0.25) is 5.02 Å². The monoisotopic (exact) mass is 237 g/mol. The third-order valence-electron chi connectivity index (χ3n) is 2.50. The summed E-state index contributed by atoms with van der Waals surface area (Å²) >= 11 is 6.10. The molecule has 5 heteroatoms. The van der Waals surface area contributed by atoms with Gasteiger partial charge in [0.25, 0.3) is 0 Å². The Bertz CT molecular complexity index is 499. The lowest BCUT2D eigenvalue weighted by molar-refractivity contribution is 0.380. The summed E-state index contributed by atoms with van der Waals surface area (Å²) in [6.45, 7) is 4.21. The van der Waals surface area contributed by atoms with Crippen molar-refractivity contribution in [3.63, 3.8) is 0 Å². The molecule has 16 heavy (non-hydrogen) atoms. The molecule has 0 fully saturated rings. The fraction of sp³-hybridized carbons (Fsp3) is 0.273. The van der Waals surface area contributed by atoms with Gasteiger partial charge in [-0.2, -0.15) is 4.98 Å². The quantitative estimate of drug-likeness (QED) is 0.872. The van der Waals surface area contributed by atoms with E-state index >= 15 is 0 Å². The molecule has 1 heterocycles. The van der Waals surface area contributed by atoms with Gasteiger partial charge in [-0.1, -0.05) is 16.8 Å². The van der Waals surface area contributed by atoms with Crippen LogP contribution in [0.25, 0.3) is 11.4 Å². The summed E-state index contributed by atoms with van der Waals surface area (Å²) in [5.74, 6) is 0.940. The van der Waals surface area contributed by atoms with Crippen LogP contribution in [0.5, 0.6) is 0 Å². The molecule has 0 aliphatic rings. The minimum Gasteiger partial charge on any atom is -0.338 e. The molecule has 0 unspecified atom stereocenters. The first-order valence-electron chi connectivity index (χ1n) is 4.91. The highest BCUT2D eigenvalue weighted by atomic mass is 35.5. The molecule has 0 bridgehead atoms. The van der Waals surface area contributed by atoms with Crippen molar-refractivity contribution >= 4 is 11.6 Å². The SMILES string of the molecule is Cc1cc(-c2noc(CN)n2)cc(Cl)c1C. The van der Waals surface area contributed by atoms with Crippen molar-refractivity contribution in [1.29, 1.82) is 0 Å². The van der Waals surface area contributed by atoms with Gasteiger partial charge in [-0.25, -0.2) is 0 Å². The van der Waals surface area contributed by atoms with Crippen LogP contribution in [0.3, 0.4) is 0 Å². The number of hydrogen-bond donors (Lipinski definition) is 1. The standard InChI is InChI=1S/C11H12ClN3O/c1-6-3-8(4-9(12)7(6)2)11-14-10(5-13)16-15-11/h3-4H,5,13H2,1-2H3. The Morgan fingerprint density at radius 3 is 2.69 bits per heavy atom. The molecule has 0 saturated heterocycles. The minimum absolute atomic E-state index is 0.242. The van der Waals surface area contributed by atoms with E-state index in [-0.39, 0.29) is 6.54 Å². The summed E-state index contributed by atoms with van der Waals surface area (Å²) in [6, 6.07) is 3.81. The molecule has 0 amide bonds. The lowest BCUT2D eigenvalue weighted by Crippen LogP contribution is -1.95. The molecule has 0 radical (unpaired) electrons. The number of hydrogen-bond acceptors (Lipinski definition) is 4. The third kappa shape index (κ3) is 1.94. The molecular weight excluding hydrogens is 226 g/mol. The van der Waals surface area contributed by atoms with Crippen LogP contribution < -0.4 is 5.73 Å². The normalized spacial score (nSPS) is 10.8. The van der Waals surface area contributed by atoms with E-state index in [1.54, 1.807) is 0 Å². The second kappa shape index (κ2) is 4.23. The fourth-order valence-electron chi connectivity index (χ4n) is 1.40. The van der Waals surface area contributed by atoms with Crippen molar-refractivity contribution in [1.82, 2.24) is 10.1 Å². The number of halogens is 1. The van der Waals surface area contributed by atoms with E-state index in [1.165, 1.54) is 0 Å². The maximum absolute atomic E-state index is 6.10. The minimum atomic E-state index is 0.242. The van der Waals surface area contributed by atoms with Gasteiger partial charge in [-0.15, -0.1) is 0 Å². The van der Waals surface area contributed by atoms with E-state index in [1.807, 2.05) is 26.0 Å². The Morgan fingerprint density at radius 1 is 1.38 bits per heavy atom. The van der Waals surface area contributed by atoms with Gasteiger partial charge in [0.05, 0.1) is 6.54 Å². The van der Waals surface area contributed by atoms with Crippen LogP contribution in [0.1, 0.15) is 17.0 Å². The number of benzene rings is 1. The van der Waals surface area contributed by atoms with E-state index in [2.05, 4.69) is 10.1 Å². The van der Waals surface area contributed by atoms with Gasteiger partial charge in [0.15, 0.2) is 0 Å². The highest BCUT2D eigenvalue weighted by Crippen LogP contribution is 2.26. The van der Waals surface area contributed by atoms with E-state index in [0.29, 0.717) is 16.7 Å². The Hall–Kier alpha value is -1.39. The van der Waals surface area contributed by atoms with E-state index in [9.17, 15) is 0 Å². The molecule has 1 aromatic carbocycles. The average Bonchev–Trinajstić information content (AvgIpc) is 2.73. The first-order chi connectivity index (χ1) is 7.61. The molecule has 84 valence electrons. The molecule has 0 saturated carbocycles. The predicted octanol–water partition coefficient (Wildman–Crippen LogP) is 2.47. The average molecular weight is 238 g/mol. The van der Waals surface area contributed by atoms with Crippen LogP contribution in [-0.2, 0) is 6.54 Å². The topological polar surface area (TPSA) is 64.9 Å².